The lowest BCUT2D eigenvalue weighted by Gasteiger charge is -2.20. The number of carbonyl (C=O) groups excluding carboxylic acids is 1. The van der Waals surface area contributed by atoms with Gasteiger partial charge in [-0.3, -0.25) is 10.2 Å². The van der Waals surface area contributed by atoms with Crippen molar-refractivity contribution >= 4 is 39.8 Å². The summed E-state index contributed by atoms with van der Waals surface area (Å²) in [6.07, 6.45) is 3.20. The lowest BCUT2D eigenvalue weighted by Crippen LogP contribution is -2.35. The second kappa shape index (κ2) is 5.36. The summed E-state index contributed by atoms with van der Waals surface area (Å²) in [5.74, 6) is 0.160. The summed E-state index contributed by atoms with van der Waals surface area (Å²) >= 11 is 1.21. The van der Waals surface area contributed by atoms with Crippen LogP contribution in [0.3, 0.4) is 0 Å². The Morgan fingerprint density at radius 2 is 2.00 bits per heavy atom. The highest BCUT2D eigenvalue weighted by Crippen LogP contribution is 2.30. The maximum Gasteiger partial charge on any atom is 0.283 e. The van der Waals surface area contributed by atoms with Gasteiger partial charge in [-0.2, -0.15) is 15.1 Å². The molecule has 2 aliphatic heterocycles. The molecule has 0 spiro atoms. The second-order valence-electron chi connectivity index (χ2n) is 4.81. The summed E-state index contributed by atoms with van der Waals surface area (Å²) in [7, 11) is 0. The van der Waals surface area contributed by atoms with Gasteiger partial charge in [-0.15, -0.1) is 0 Å². The average molecular weight is 322 g/mol. The van der Waals surface area contributed by atoms with Crippen molar-refractivity contribution in [3.05, 3.63) is 65.6 Å². The lowest BCUT2D eigenvalue weighted by molar-refractivity contribution is -0.114. The lowest BCUT2D eigenvalue weighted by atomic mass is 10.1. The number of fused-ring (bicyclic) bond motifs is 1. The predicted octanol–water partition coefficient (Wildman–Crippen LogP) is 2.95. The molecule has 1 aromatic heterocycles. The molecule has 0 unspecified atom stereocenters. The minimum Gasteiger partial charge on any atom is -0.462 e. The van der Waals surface area contributed by atoms with Crippen molar-refractivity contribution < 1.29 is 9.21 Å². The third-order valence-electron chi connectivity index (χ3n) is 3.30. The molecule has 1 amide bonds. The van der Waals surface area contributed by atoms with Crippen molar-refractivity contribution in [1.82, 2.24) is 5.01 Å². The monoisotopic (exact) mass is 322 g/mol. The van der Waals surface area contributed by atoms with Crippen LogP contribution >= 0.6 is 11.8 Å². The molecular formula is C16H10N4O2S. The SMILES string of the molecule is N=C1/C(=C/c2ccccc2)C(=O)N=C2SC(c3ccco3)=NN12. The smallest absolute Gasteiger partial charge is 0.283 e. The molecule has 2 aliphatic rings. The van der Waals surface area contributed by atoms with Gasteiger partial charge in [-0.1, -0.05) is 30.3 Å². The fraction of sp³-hybridized carbons (Fsp3) is 0. The van der Waals surface area contributed by atoms with Gasteiger partial charge < -0.3 is 4.42 Å². The molecular weight excluding hydrogens is 312 g/mol. The van der Waals surface area contributed by atoms with Crippen LogP contribution in [0, 0.1) is 5.41 Å². The Balaban J connectivity index is 1.71. The fourth-order valence-corrected chi connectivity index (χ4v) is 3.07. The standard InChI is InChI=1S/C16H10N4O2S/c17-13-11(9-10-5-2-1-3-6-10)14(21)18-16-20(13)19-15(23-16)12-7-4-8-22-12/h1-9,17H/b11-9-,17-13?. The number of nitrogens with one attached hydrogen (secondary N) is 1. The molecule has 4 rings (SSSR count). The van der Waals surface area contributed by atoms with Crippen LogP contribution in [0.25, 0.3) is 6.08 Å². The van der Waals surface area contributed by atoms with E-state index in [1.165, 1.54) is 16.8 Å². The van der Waals surface area contributed by atoms with E-state index in [2.05, 4.69) is 10.1 Å². The van der Waals surface area contributed by atoms with Crippen molar-refractivity contribution in [3.63, 3.8) is 0 Å². The molecule has 0 bridgehead atoms. The minimum atomic E-state index is -0.437. The van der Waals surface area contributed by atoms with E-state index in [1.807, 2.05) is 30.3 Å². The molecule has 3 heterocycles. The molecule has 0 saturated carbocycles. The molecule has 0 aliphatic carbocycles. The molecule has 0 atom stereocenters. The highest BCUT2D eigenvalue weighted by molar-refractivity contribution is 8.27. The number of nitrogens with zero attached hydrogens (tertiary/aromatic N) is 3. The van der Waals surface area contributed by atoms with Crippen molar-refractivity contribution in [2.45, 2.75) is 0 Å². The molecule has 112 valence electrons. The number of hydrogen-bond donors (Lipinski definition) is 1. The van der Waals surface area contributed by atoms with Crippen molar-refractivity contribution in [3.8, 4) is 0 Å². The number of hydrogen-bond acceptors (Lipinski definition) is 5. The molecule has 1 aromatic carbocycles. The van der Waals surface area contributed by atoms with Crippen LogP contribution in [0.15, 0.2) is 68.8 Å². The zero-order valence-electron chi connectivity index (χ0n) is 11.8. The first-order valence-electron chi connectivity index (χ1n) is 6.81. The van der Waals surface area contributed by atoms with Gasteiger partial charge in [-0.05, 0) is 35.5 Å². The van der Waals surface area contributed by atoms with E-state index in [-0.39, 0.29) is 11.4 Å². The highest BCUT2D eigenvalue weighted by Gasteiger charge is 2.36. The Hall–Kier alpha value is -2.93. The largest absolute Gasteiger partial charge is 0.462 e. The van der Waals surface area contributed by atoms with E-state index in [4.69, 9.17) is 9.83 Å². The first kappa shape index (κ1) is 13.7. The van der Waals surface area contributed by atoms with Gasteiger partial charge in [0.2, 0.25) is 5.17 Å². The summed E-state index contributed by atoms with van der Waals surface area (Å²) in [4.78, 5) is 16.3. The first-order chi connectivity index (χ1) is 11.2. The topological polar surface area (TPSA) is 82.0 Å². The number of thioether (sulfide) groups is 1. The van der Waals surface area contributed by atoms with E-state index in [1.54, 1.807) is 24.5 Å². The Kier molecular flexibility index (Phi) is 3.20. The maximum absolute atomic E-state index is 12.2. The van der Waals surface area contributed by atoms with Crippen molar-refractivity contribution in [1.29, 1.82) is 5.41 Å². The van der Waals surface area contributed by atoms with Crippen LogP contribution in [0.5, 0.6) is 0 Å². The van der Waals surface area contributed by atoms with Gasteiger partial charge in [0.05, 0.1) is 11.8 Å². The van der Waals surface area contributed by atoms with Crippen molar-refractivity contribution in [2.75, 3.05) is 0 Å². The molecule has 2 aromatic rings. The number of rotatable bonds is 2. The molecule has 7 heteroatoms. The Bertz CT molecular complexity index is 882. The van der Waals surface area contributed by atoms with Crippen molar-refractivity contribution in [2.24, 2.45) is 10.1 Å². The van der Waals surface area contributed by atoms with Crippen LogP contribution in [0.2, 0.25) is 0 Å². The average Bonchev–Trinajstić information content (AvgIpc) is 3.21. The number of aliphatic imine (C=N–C) groups is 1. The van der Waals surface area contributed by atoms with E-state index < -0.39 is 5.91 Å². The number of amides is 1. The second-order valence-corrected chi connectivity index (χ2v) is 5.77. The molecule has 6 nitrogen and oxygen atoms in total. The normalized spacial score (nSPS) is 19.0. The molecule has 1 N–H and O–H groups in total. The number of furan rings is 1. The van der Waals surface area contributed by atoms with Gasteiger partial charge in [0.25, 0.3) is 5.91 Å². The van der Waals surface area contributed by atoms with Crippen LogP contribution in [0.1, 0.15) is 11.3 Å². The number of benzene rings is 1. The van der Waals surface area contributed by atoms with E-state index in [0.29, 0.717) is 16.0 Å². The van der Waals surface area contributed by atoms with Crippen LogP contribution in [-0.4, -0.2) is 27.0 Å². The Labute approximate surface area is 135 Å². The summed E-state index contributed by atoms with van der Waals surface area (Å²) in [6.45, 7) is 0. The first-order valence-corrected chi connectivity index (χ1v) is 7.63. The summed E-state index contributed by atoms with van der Waals surface area (Å²) in [6, 6.07) is 12.9. The van der Waals surface area contributed by atoms with Gasteiger partial charge in [0.15, 0.2) is 16.6 Å². The van der Waals surface area contributed by atoms with E-state index in [9.17, 15) is 4.79 Å². The van der Waals surface area contributed by atoms with Crippen LogP contribution < -0.4 is 0 Å². The van der Waals surface area contributed by atoms with Gasteiger partial charge in [0.1, 0.15) is 0 Å². The third-order valence-corrected chi connectivity index (χ3v) is 4.22. The number of amidine groups is 2. The van der Waals surface area contributed by atoms with Gasteiger partial charge >= 0.3 is 0 Å². The maximum atomic E-state index is 12.2. The van der Waals surface area contributed by atoms with Gasteiger partial charge in [-0.25, -0.2) is 0 Å². The zero-order chi connectivity index (χ0) is 15.8. The number of carbonyl (C=O) groups is 1. The zero-order valence-corrected chi connectivity index (χ0v) is 12.6. The van der Waals surface area contributed by atoms with Gasteiger partial charge in [0, 0.05) is 0 Å². The third kappa shape index (κ3) is 2.40. The Morgan fingerprint density at radius 1 is 1.17 bits per heavy atom. The fourth-order valence-electron chi connectivity index (χ4n) is 2.21. The van der Waals surface area contributed by atoms with E-state index in [0.717, 1.165) is 5.56 Å². The molecule has 0 radical (unpaired) electrons. The quantitative estimate of drug-likeness (QED) is 0.862. The van der Waals surface area contributed by atoms with Crippen LogP contribution in [0.4, 0.5) is 0 Å². The summed E-state index contributed by atoms with van der Waals surface area (Å²) in [5.41, 5.74) is 1.05. The molecule has 0 fully saturated rings. The Morgan fingerprint density at radius 3 is 2.74 bits per heavy atom. The summed E-state index contributed by atoms with van der Waals surface area (Å²) < 4.78 is 5.30. The van der Waals surface area contributed by atoms with Crippen LogP contribution in [-0.2, 0) is 4.79 Å². The highest BCUT2D eigenvalue weighted by atomic mass is 32.2. The molecule has 23 heavy (non-hydrogen) atoms. The predicted molar refractivity (Wildman–Crippen MR) is 89.3 cm³/mol. The molecule has 0 saturated heterocycles. The summed E-state index contributed by atoms with van der Waals surface area (Å²) in [5, 5.41) is 14.9. The number of hydrazone groups is 1. The van der Waals surface area contributed by atoms with E-state index >= 15 is 0 Å². The minimum absolute atomic E-state index is 0.0120.